The molecule has 0 aromatic heterocycles. The molecule has 1 unspecified atom stereocenters. The molecule has 0 saturated carbocycles. The van der Waals surface area contributed by atoms with Crippen LogP contribution in [0.2, 0.25) is 0 Å². The van der Waals surface area contributed by atoms with Gasteiger partial charge in [0.25, 0.3) is 5.24 Å². The molecule has 2 aromatic rings. The molecule has 1 aliphatic rings. The number of carbonyl (C=O) groups excluding carboxylic acids is 3. The van der Waals surface area contributed by atoms with Gasteiger partial charge in [-0.1, -0.05) is 28.1 Å². The predicted molar refractivity (Wildman–Crippen MR) is 97.5 cm³/mol. The van der Waals surface area contributed by atoms with Crippen LogP contribution in [-0.2, 0) is 9.59 Å². The van der Waals surface area contributed by atoms with Gasteiger partial charge in [-0.2, -0.15) is 0 Å². The van der Waals surface area contributed by atoms with Gasteiger partial charge in [0.15, 0.2) is 0 Å². The largest absolute Gasteiger partial charge is 0.276 e. The highest BCUT2D eigenvalue weighted by molar-refractivity contribution is 9.10. The van der Waals surface area contributed by atoms with Gasteiger partial charge in [-0.15, -0.1) is 11.8 Å². The van der Waals surface area contributed by atoms with Crippen LogP contribution in [0.15, 0.2) is 57.9 Å². The van der Waals surface area contributed by atoms with E-state index in [1.54, 1.807) is 48.5 Å². The number of benzene rings is 2. The Labute approximate surface area is 156 Å². The second-order valence-corrected chi connectivity index (χ2v) is 7.63. The molecule has 2 amide bonds. The summed E-state index contributed by atoms with van der Waals surface area (Å²) in [5.41, 5.74) is 0.879. The summed E-state index contributed by atoms with van der Waals surface area (Å²) in [6.07, 6.45) is 0.0877. The van der Waals surface area contributed by atoms with E-state index in [9.17, 15) is 14.4 Å². The van der Waals surface area contributed by atoms with Gasteiger partial charge in [0.2, 0.25) is 11.8 Å². The van der Waals surface area contributed by atoms with Gasteiger partial charge < -0.3 is 0 Å². The lowest BCUT2D eigenvalue weighted by Gasteiger charge is -2.15. The lowest BCUT2D eigenvalue weighted by Crippen LogP contribution is -2.31. The van der Waals surface area contributed by atoms with Gasteiger partial charge in [0.1, 0.15) is 0 Å². The quantitative estimate of drug-likeness (QED) is 0.544. The van der Waals surface area contributed by atoms with Crippen molar-refractivity contribution in [3.05, 3.63) is 58.6 Å². The lowest BCUT2D eigenvalue weighted by molar-refractivity contribution is -0.121. The first-order valence-corrected chi connectivity index (χ1v) is 9.10. The van der Waals surface area contributed by atoms with Crippen molar-refractivity contribution in [3.63, 3.8) is 0 Å². The molecule has 3 rings (SSSR count). The van der Waals surface area contributed by atoms with Crippen molar-refractivity contribution in [2.75, 3.05) is 4.90 Å². The van der Waals surface area contributed by atoms with E-state index in [2.05, 4.69) is 15.9 Å². The van der Waals surface area contributed by atoms with E-state index in [-0.39, 0.29) is 18.2 Å². The predicted octanol–water partition coefficient (Wildman–Crippen LogP) is 4.25. The Morgan fingerprint density at radius 2 is 1.79 bits per heavy atom. The minimum Gasteiger partial charge on any atom is -0.276 e. The van der Waals surface area contributed by atoms with E-state index in [0.29, 0.717) is 16.1 Å². The molecule has 2 aromatic carbocycles. The van der Waals surface area contributed by atoms with Crippen LogP contribution in [0.3, 0.4) is 0 Å². The molecular formula is C17H11BrClNO3S. The standard InChI is InChI=1S/C17H11BrClNO3S/c18-10-5-7-11(8-6-10)20-15(21)9-14(17(20)23)24-13-4-2-1-3-12(13)16(19)22/h1-8,14H,9H2. The van der Waals surface area contributed by atoms with Crippen molar-refractivity contribution in [3.8, 4) is 0 Å². The van der Waals surface area contributed by atoms with Gasteiger partial charge >= 0.3 is 0 Å². The van der Waals surface area contributed by atoms with Crippen LogP contribution < -0.4 is 4.90 Å². The van der Waals surface area contributed by atoms with Crippen molar-refractivity contribution in [1.29, 1.82) is 0 Å². The fourth-order valence-corrected chi connectivity index (χ4v) is 4.11. The normalized spacial score (nSPS) is 17.4. The SMILES string of the molecule is O=C(Cl)c1ccccc1SC1CC(=O)N(c2ccc(Br)cc2)C1=O. The van der Waals surface area contributed by atoms with E-state index < -0.39 is 10.5 Å². The number of rotatable bonds is 4. The number of hydrogen-bond donors (Lipinski definition) is 0. The summed E-state index contributed by atoms with van der Waals surface area (Å²) in [5, 5.41) is -1.15. The Bertz CT molecular complexity index is 825. The van der Waals surface area contributed by atoms with Crippen molar-refractivity contribution in [1.82, 2.24) is 0 Å². The maximum atomic E-state index is 12.6. The summed E-state index contributed by atoms with van der Waals surface area (Å²) in [7, 11) is 0. The molecule has 122 valence electrons. The van der Waals surface area contributed by atoms with Gasteiger partial charge in [-0.3, -0.25) is 14.4 Å². The van der Waals surface area contributed by atoms with Crippen LogP contribution in [-0.4, -0.2) is 22.3 Å². The Morgan fingerprint density at radius 3 is 2.46 bits per heavy atom. The molecule has 0 N–H and O–H groups in total. The van der Waals surface area contributed by atoms with E-state index in [4.69, 9.17) is 11.6 Å². The third-order valence-electron chi connectivity index (χ3n) is 3.56. The lowest BCUT2D eigenvalue weighted by atomic mass is 10.2. The summed E-state index contributed by atoms with van der Waals surface area (Å²) in [6, 6.07) is 13.8. The molecule has 0 radical (unpaired) electrons. The van der Waals surface area contributed by atoms with E-state index in [1.807, 2.05) is 0 Å². The second-order valence-electron chi connectivity index (χ2n) is 5.12. The Hall–Kier alpha value is -1.63. The molecule has 1 saturated heterocycles. The molecule has 0 bridgehead atoms. The number of amides is 2. The number of imide groups is 1. The molecule has 7 heteroatoms. The molecule has 1 fully saturated rings. The van der Waals surface area contributed by atoms with Gasteiger partial charge in [0.05, 0.1) is 10.9 Å². The Morgan fingerprint density at radius 1 is 1.12 bits per heavy atom. The van der Waals surface area contributed by atoms with Gasteiger partial charge in [0, 0.05) is 21.4 Å². The molecule has 0 aliphatic carbocycles. The number of thioether (sulfide) groups is 1. The zero-order chi connectivity index (χ0) is 17.3. The average molecular weight is 425 g/mol. The highest BCUT2D eigenvalue weighted by Gasteiger charge is 2.40. The van der Waals surface area contributed by atoms with Gasteiger partial charge in [-0.05, 0) is 48.0 Å². The van der Waals surface area contributed by atoms with Crippen molar-refractivity contribution in [2.24, 2.45) is 0 Å². The second kappa shape index (κ2) is 7.09. The maximum absolute atomic E-state index is 12.6. The fraction of sp³-hybridized carbons (Fsp3) is 0.118. The van der Waals surface area contributed by atoms with Crippen LogP contribution in [0.5, 0.6) is 0 Å². The summed E-state index contributed by atoms with van der Waals surface area (Å²) in [5.74, 6) is -0.543. The number of halogens is 2. The van der Waals surface area contributed by atoms with Crippen LogP contribution >= 0.6 is 39.3 Å². The number of carbonyl (C=O) groups is 3. The fourth-order valence-electron chi connectivity index (χ4n) is 2.44. The first-order valence-electron chi connectivity index (χ1n) is 7.05. The molecule has 24 heavy (non-hydrogen) atoms. The molecule has 1 aliphatic heterocycles. The Kier molecular flexibility index (Phi) is 5.08. The van der Waals surface area contributed by atoms with Crippen LogP contribution in [0.1, 0.15) is 16.8 Å². The monoisotopic (exact) mass is 423 g/mol. The summed E-state index contributed by atoms with van der Waals surface area (Å²) in [6.45, 7) is 0. The maximum Gasteiger partial charge on any atom is 0.253 e. The number of nitrogens with zero attached hydrogens (tertiary/aromatic N) is 1. The molecule has 0 spiro atoms. The van der Waals surface area contributed by atoms with E-state index in [1.165, 1.54) is 16.7 Å². The molecule has 4 nitrogen and oxygen atoms in total. The van der Waals surface area contributed by atoms with Crippen molar-refractivity contribution in [2.45, 2.75) is 16.6 Å². The topological polar surface area (TPSA) is 54.5 Å². The molecular weight excluding hydrogens is 414 g/mol. The first-order chi connectivity index (χ1) is 11.5. The van der Waals surface area contributed by atoms with E-state index >= 15 is 0 Å². The molecule has 1 heterocycles. The van der Waals surface area contributed by atoms with Crippen LogP contribution in [0, 0.1) is 0 Å². The van der Waals surface area contributed by atoms with Crippen LogP contribution in [0.4, 0.5) is 5.69 Å². The third-order valence-corrected chi connectivity index (χ3v) is 5.55. The summed E-state index contributed by atoms with van der Waals surface area (Å²) in [4.78, 5) is 38.2. The van der Waals surface area contributed by atoms with Crippen molar-refractivity contribution < 1.29 is 14.4 Å². The number of anilines is 1. The average Bonchev–Trinajstić information content (AvgIpc) is 2.83. The van der Waals surface area contributed by atoms with Crippen molar-refractivity contribution >= 4 is 62.0 Å². The zero-order valence-corrected chi connectivity index (χ0v) is 15.4. The van der Waals surface area contributed by atoms with Crippen LogP contribution in [0.25, 0.3) is 0 Å². The zero-order valence-electron chi connectivity index (χ0n) is 12.2. The highest BCUT2D eigenvalue weighted by Crippen LogP contribution is 2.36. The highest BCUT2D eigenvalue weighted by atomic mass is 79.9. The Balaban J connectivity index is 1.85. The van der Waals surface area contributed by atoms with E-state index in [0.717, 1.165) is 4.47 Å². The third kappa shape index (κ3) is 3.41. The minimum absolute atomic E-state index is 0.0877. The summed E-state index contributed by atoms with van der Waals surface area (Å²) >= 11 is 10.1. The number of hydrogen-bond acceptors (Lipinski definition) is 4. The molecule has 1 atom stereocenters. The van der Waals surface area contributed by atoms with Gasteiger partial charge in [-0.25, -0.2) is 4.90 Å². The summed E-state index contributed by atoms with van der Waals surface area (Å²) < 4.78 is 0.867. The first kappa shape index (κ1) is 17.2. The smallest absolute Gasteiger partial charge is 0.253 e. The minimum atomic E-state index is -0.584.